The maximum absolute atomic E-state index is 14.7. The van der Waals surface area contributed by atoms with Crippen LogP contribution in [0.4, 0.5) is 10.5 Å². The number of alkyl carbamates (subject to hydrolysis) is 1. The first kappa shape index (κ1) is 34.0. The van der Waals surface area contributed by atoms with Crippen molar-refractivity contribution in [1.29, 1.82) is 0 Å². The van der Waals surface area contributed by atoms with Crippen LogP contribution in [0.15, 0.2) is 84.9 Å². The van der Waals surface area contributed by atoms with Crippen molar-refractivity contribution >= 4 is 34.4 Å². The van der Waals surface area contributed by atoms with E-state index in [1.807, 2.05) is 81.4 Å². The first-order valence-electron chi connectivity index (χ1n) is 15.8. The standard InChI is InChI=1S/C38H45N3O5/c1-7-8-22-41(36(44)33(40-37(45)46-38(4,5)6)23-27-16-20-31(42)21-17-27)34(32-15-11-12-25(2)26(32)3)35(43)39-30-19-18-28-13-9-10-14-29(28)24-30/h9-21,24,33-34,42H,7-8,22-23H2,1-6H3,(H,39,43)(H,40,45). The average molecular weight is 624 g/mol. The summed E-state index contributed by atoms with van der Waals surface area (Å²) in [6.07, 6.45) is 0.836. The van der Waals surface area contributed by atoms with Gasteiger partial charge in [0.15, 0.2) is 0 Å². The number of phenols is 1. The molecule has 2 unspecified atom stereocenters. The van der Waals surface area contributed by atoms with Crippen molar-refractivity contribution in [3.8, 4) is 5.75 Å². The van der Waals surface area contributed by atoms with E-state index in [4.69, 9.17) is 4.74 Å². The van der Waals surface area contributed by atoms with Gasteiger partial charge >= 0.3 is 6.09 Å². The molecule has 3 amide bonds. The second-order valence-corrected chi connectivity index (χ2v) is 12.7. The Bertz CT molecular complexity index is 1680. The van der Waals surface area contributed by atoms with Gasteiger partial charge in [-0.1, -0.05) is 74.0 Å². The third-order valence-corrected chi connectivity index (χ3v) is 7.92. The van der Waals surface area contributed by atoms with Crippen LogP contribution in [0.5, 0.6) is 5.75 Å². The largest absolute Gasteiger partial charge is 0.508 e. The van der Waals surface area contributed by atoms with Gasteiger partial charge in [0.05, 0.1) is 0 Å². The van der Waals surface area contributed by atoms with Crippen molar-refractivity contribution in [1.82, 2.24) is 10.2 Å². The van der Waals surface area contributed by atoms with Crippen LogP contribution in [0.25, 0.3) is 10.8 Å². The zero-order valence-corrected chi connectivity index (χ0v) is 27.6. The minimum absolute atomic E-state index is 0.0941. The van der Waals surface area contributed by atoms with Gasteiger partial charge in [-0.3, -0.25) is 9.59 Å². The van der Waals surface area contributed by atoms with Crippen molar-refractivity contribution < 1.29 is 24.2 Å². The van der Waals surface area contributed by atoms with Crippen molar-refractivity contribution in [3.63, 3.8) is 0 Å². The molecular weight excluding hydrogens is 578 g/mol. The van der Waals surface area contributed by atoms with Crippen LogP contribution in [-0.2, 0) is 20.7 Å². The fourth-order valence-corrected chi connectivity index (χ4v) is 5.41. The summed E-state index contributed by atoms with van der Waals surface area (Å²) in [4.78, 5) is 43.7. The second-order valence-electron chi connectivity index (χ2n) is 12.7. The van der Waals surface area contributed by atoms with Crippen LogP contribution in [0.2, 0.25) is 0 Å². The molecular formula is C38H45N3O5. The summed E-state index contributed by atoms with van der Waals surface area (Å²) < 4.78 is 5.54. The van der Waals surface area contributed by atoms with Gasteiger partial charge in [-0.05, 0) is 98.3 Å². The van der Waals surface area contributed by atoms with Gasteiger partial charge in [-0.25, -0.2) is 4.79 Å². The molecule has 0 heterocycles. The Hall–Kier alpha value is -4.85. The van der Waals surface area contributed by atoms with E-state index in [2.05, 4.69) is 10.6 Å². The van der Waals surface area contributed by atoms with Crippen LogP contribution < -0.4 is 10.6 Å². The van der Waals surface area contributed by atoms with E-state index >= 15 is 0 Å². The lowest BCUT2D eigenvalue weighted by Gasteiger charge is -2.35. The average Bonchev–Trinajstić information content (AvgIpc) is 3.00. The number of carbonyl (C=O) groups is 3. The molecule has 8 nitrogen and oxygen atoms in total. The Morgan fingerprint density at radius 1 is 0.891 bits per heavy atom. The number of hydrogen-bond acceptors (Lipinski definition) is 5. The number of aromatic hydroxyl groups is 1. The van der Waals surface area contributed by atoms with Crippen molar-refractivity contribution in [2.75, 3.05) is 11.9 Å². The molecule has 0 radical (unpaired) electrons. The highest BCUT2D eigenvalue weighted by atomic mass is 16.6. The molecule has 0 saturated heterocycles. The molecule has 0 fully saturated rings. The third kappa shape index (κ3) is 8.87. The molecule has 3 N–H and O–H groups in total. The van der Waals surface area contributed by atoms with E-state index in [1.165, 1.54) is 12.1 Å². The molecule has 0 saturated carbocycles. The number of benzene rings is 4. The summed E-state index contributed by atoms with van der Waals surface area (Å²) in [5.41, 5.74) is 3.19. The van der Waals surface area contributed by atoms with Gasteiger partial charge in [-0.15, -0.1) is 0 Å². The number of hydrogen-bond donors (Lipinski definition) is 3. The minimum Gasteiger partial charge on any atom is -0.508 e. The van der Waals surface area contributed by atoms with Crippen LogP contribution in [0.1, 0.15) is 68.8 Å². The number of anilines is 1. The second kappa shape index (κ2) is 15.0. The van der Waals surface area contributed by atoms with Crippen LogP contribution in [0.3, 0.4) is 0 Å². The van der Waals surface area contributed by atoms with E-state index in [1.54, 1.807) is 37.8 Å². The number of aryl methyl sites for hydroxylation is 1. The normalized spacial score (nSPS) is 12.7. The molecule has 46 heavy (non-hydrogen) atoms. The SMILES string of the molecule is CCCCN(C(=O)C(Cc1ccc(O)cc1)NC(=O)OC(C)(C)C)C(C(=O)Nc1ccc2ccccc2c1)c1cccc(C)c1C. The highest BCUT2D eigenvalue weighted by Gasteiger charge is 2.37. The first-order valence-corrected chi connectivity index (χ1v) is 15.8. The van der Waals surface area contributed by atoms with E-state index in [9.17, 15) is 19.5 Å². The molecule has 0 spiro atoms. The predicted octanol–water partition coefficient (Wildman–Crippen LogP) is 7.61. The number of rotatable bonds is 11. The zero-order valence-electron chi connectivity index (χ0n) is 27.6. The highest BCUT2D eigenvalue weighted by Crippen LogP contribution is 2.30. The maximum atomic E-state index is 14.7. The summed E-state index contributed by atoms with van der Waals surface area (Å²) in [6, 6.07) is 23.9. The number of fused-ring (bicyclic) bond motifs is 1. The molecule has 0 aromatic heterocycles. The number of unbranched alkanes of at least 4 members (excludes halogenated alkanes) is 1. The quantitative estimate of drug-likeness (QED) is 0.159. The Morgan fingerprint density at radius 3 is 2.26 bits per heavy atom. The topological polar surface area (TPSA) is 108 Å². The molecule has 4 aromatic carbocycles. The van der Waals surface area contributed by atoms with Gasteiger partial charge < -0.3 is 25.4 Å². The lowest BCUT2D eigenvalue weighted by atomic mass is 9.94. The number of carbonyl (C=O) groups excluding carboxylic acids is 3. The highest BCUT2D eigenvalue weighted by molar-refractivity contribution is 6.00. The minimum atomic E-state index is -1.04. The van der Waals surface area contributed by atoms with E-state index in [-0.39, 0.29) is 18.1 Å². The summed E-state index contributed by atoms with van der Waals surface area (Å²) in [6.45, 7) is 11.5. The molecule has 2 atom stereocenters. The molecule has 0 aliphatic rings. The smallest absolute Gasteiger partial charge is 0.408 e. The predicted molar refractivity (Wildman–Crippen MR) is 183 cm³/mol. The molecule has 242 valence electrons. The van der Waals surface area contributed by atoms with E-state index in [0.29, 0.717) is 24.2 Å². The first-order chi connectivity index (χ1) is 21.9. The number of ether oxygens (including phenoxy) is 1. The van der Waals surface area contributed by atoms with Crippen molar-refractivity contribution in [2.45, 2.75) is 78.5 Å². The summed E-state index contributed by atoms with van der Waals surface area (Å²) >= 11 is 0. The summed E-state index contributed by atoms with van der Waals surface area (Å²) in [7, 11) is 0. The van der Waals surface area contributed by atoms with Gasteiger partial charge in [-0.2, -0.15) is 0 Å². The Morgan fingerprint density at radius 2 is 1.59 bits per heavy atom. The molecule has 0 aliphatic carbocycles. The van der Waals surface area contributed by atoms with Gasteiger partial charge in [0.1, 0.15) is 23.4 Å². The monoisotopic (exact) mass is 623 g/mol. The van der Waals surface area contributed by atoms with Gasteiger partial charge in [0.2, 0.25) is 5.91 Å². The maximum Gasteiger partial charge on any atom is 0.408 e. The van der Waals surface area contributed by atoms with Crippen molar-refractivity contribution in [2.24, 2.45) is 0 Å². The third-order valence-electron chi connectivity index (χ3n) is 7.92. The van der Waals surface area contributed by atoms with Crippen molar-refractivity contribution in [3.05, 3.63) is 107 Å². The van der Waals surface area contributed by atoms with Crippen LogP contribution >= 0.6 is 0 Å². The number of nitrogens with one attached hydrogen (secondary N) is 2. The summed E-state index contributed by atoms with van der Waals surface area (Å²) in [5.74, 6) is -0.669. The van der Waals surface area contributed by atoms with E-state index in [0.717, 1.165) is 33.9 Å². The Balaban J connectivity index is 1.78. The lowest BCUT2D eigenvalue weighted by Crippen LogP contribution is -2.53. The molecule has 8 heteroatoms. The number of amides is 3. The van der Waals surface area contributed by atoms with Crippen LogP contribution in [0, 0.1) is 13.8 Å². The van der Waals surface area contributed by atoms with E-state index < -0.39 is 29.7 Å². The number of nitrogens with zero attached hydrogens (tertiary/aromatic N) is 1. The Labute approximate surface area is 271 Å². The van der Waals surface area contributed by atoms with Gasteiger partial charge in [0.25, 0.3) is 5.91 Å². The fourth-order valence-electron chi connectivity index (χ4n) is 5.41. The van der Waals surface area contributed by atoms with Crippen LogP contribution in [-0.4, -0.2) is 46.1 Å². The zero-order chi connectivity index (χ0) is 33.4. The number of phenolic OH excluding ortho intramolecular Hbond substituents is 1. The van der Waals surface area contributed by atoms with Gasteiger partial charge in [0, 0.05) is 18.7 Å². The molecule has 0 aliphatic heterocycles. The summed E-state index contributed by atoms with van der Waals surface area (Å²) in [5, 5.41) is 17.7. The molecule has 4 aromatic rings. The molecule has 4 rings (SSSR count). The fraction of sp³-hybridized carbons (Fsp3) is 0.342. The molecule has 0 bridgehead atoms. The Kier molecular flexibility index (Phi) is 11.1. The lowest BCUT2D eigenvalue weighted by molar-refractivity contribution is -0.140.